The van der Waals surface area contributed by atoms with Crippen LogP contribution < -0.4 is 0 Å². The number of amides is 1. The molecule has 1 unspecified atom stereocenters. The molecule has 0 aliphatic carbocycles. The van der Waals surface area contributed by atoms with Crippen LogP contribution in [0.5, 0.6) is 5.75 Å². The van der Waals surface area contributed by atoms with Crippen LogP contribution in [-0.2, 0) is 4.79 Å². The zero-order valence-electron chi connectivity index (χ0n) is 10.2. The molecule has 0 saturated carbocycles. The summed E-state index contributed by atoms with van der Waals surface area (Å²) in [6.45, 7) is 0.744. The van der Waals surface area contributed by atoms with Crippen molar-refractivity contribution in [2.45, 2.75) is 12.8 Å². The summed E-state index contributed by atoms with van der Waals surface area (Å²) in [5.41, 5.74) is -0.0871. The number of phenolic OH excluding ortho intramolecular Hbond substituents is 1. The molecule has 19 heavy (non-hydrogen) atoms. The Morgan fingerprint density at radius 2 is 2.16 bits per heavy atom. The fourth-order valence-electron chi connectivity index (χ4n) is 2.28. The number of likely N-dealkylation sites (tertiary alicyclic amines) is 1. The van der Waals surface area contributed by atoms with Crippen LogP contribution in [0.25, 0.3) is 0 Å². The summed E-state index contributed by atoms with van der Waals surface area (Å²) in [4.78, 5) is 24.2. The number of nitrogens with zero attached hydrogens (tertiary/aromatic N) is 1. The Morgan fingerprint density at radius 1 is 1.42 bits per heavy atom. The van der Waals surface area contributed by atoms with E-state index in [1.54, 1.807) is 0 Å². The van der Waals surface area contributed by atoms with E-state index in [0.717, 1.165) is 18.2 Å². The highest BCUT2D eigenvalue weighted by atomic mass is 19.1. The Kier molecular flexibility index (Phi) is 3.69. The maximum absolute atomic E-state index is 13.1. The minimum Gasteiger partial charge on any atom is -0.507 e. The molecular formula is C13H14FNO4. The molecule has 0 radical (unpaired) electrons. The number of carboxylic acids is 1. The average molecular weight is 267 g/mol. The molecule has 0 aromatic heterocycles. The zero-order valence-corrected chi connectivity index (χ0v) is 10.2. The second kappa shape index (κ2) is 5.26. The van der Waals surface area contributed by atoms with Gasteiger partial charge in [0.1, 0.15) is 11.6 Å². The fraction of sp³-hybridized carbons (Fsp3) is 0.385. The van der Waals surface area contributed by atoms with Gasteiger partial charge in [0.2, 0.25) is 0 Å². The van der Waals surface area contributed by atoms with Crippen LogP contribution in [0.2, 0.25) is 0 Å². The van der Waals surface area contributed by atoms with Crippen molar-refractivity contribution in [3.63, 3.8) is 0 Å². The van der Waals surface area contributed by atoms with E-state index >= 15 is 0 Å². The molecule has 5 nitrogen and oxygen atoms in total. The van der Waals surface area contributed by atoms with E-state index in [1.807, 2.05) is 0 Å². The lowest BCUT2D eigenvalue weighted by Gasteiger charge is -2.17. The summed E-state index contributed by atoms with van der Waals surface area (Å²) < 4.78 is 13.1. The van der Waals surface area contributed by atoms with E-state index in [2.05, 4.69) is 0 Å². The predicted molar refractivity (Wildman–Crippen MR) is 64.3 cm³/mol. The molecular weight excluding hydrogens is 253 g/mol. The molecule has 1 heterocycles. The van der Waals surface area contributed by atoms with Gasteiger partial charge in [-0.25, -0.2) is 4.39 Å². The van der Waals surface area contributed by atoms with Crippen LogP contribution in [0, 0.1) is 11.7 Å². The summed E-state index contributed by atoms with van der Waals surface area (Å²) in [6, 6.07) is 3.19. The predicted octanol–water partition coefficient (Wildman–Crippen LogP) is 1.47. The van der Waals surface area contributed by atoms with Gasteiger partial charge in [0.05, 0.1) is 5.56 Å². The van der Waals surface area contributed by atoms with Crippen LogP contribution in [0.4, 0.5) is 4.39 Å². The van der Waals surface area contributed by atoms with Crippen molar-refractivity contribution in [3.05, 3.63) is 29.6 Å². The van der Waals surface area contributed by atoms with E-state index < -0.39 is 17.7 Å². The van der Waals surface area contributed by atoms with Gasteiger partial charge in [-0.3, -0.25) is 9.59 Å². The normalized spacial score (nSPS) is 18.6. The van der Waals surface area contributed by atoms with Crippen molar-refractivity contribution in [2.75, 3.05) is 13.1 Å². The second-order valence-corrected chi connectivity index (χ2v) is 4.67. The highest BCUT2D eigenvalue weighted by Gasteiger charge is 2.29. The van der Waals surface area contributed by atoms with Crippen molar-refractivity contribution in [2.24, 2.45) is 5.92 Å². The van der Waals surface area contributed by atoms with E-state index in [1.165, 1.54) is 4.90 Å². The number of aliphatic carboxylic acids is 1. The zero-order chi connectivity index (χ0) is 14.0. The van der Waals surface area contributed by atoms with Gasteiger partial charge in [-0.05, 0) is 30.5 Å². The first-order valence-corrected chi connectivity index (χ1v) is 5.97. The first kappa shape index (κ1) is 13.3. The number of aromatic hydroxyl groups is 1. The van der Waals surface area contributed by atoms with E-state index in [9.17, 15) is 19.1 Å². The lowest BCUT2D eigenvalue weighted by atomic mass is 10.1. The number of carbonyl (C=O) groups excluding carboxylic acids is 1. The Morgan fingerprint density at radius 3 is 2.84 bits per heavy atom. The number of phenols is 1. The van der Waals surface area contributed by atoms with E-state index in [-0.39, 0.29) is 23.7 Å². The third-order valence-electron chi connectivity index (χ3n) is 3.23. The standard InChI is InChI=1S/C13H14FNO4/c14-9-1-2-11(16)10(6-9)13(19)15-4-3-8(7-15)5-12(17)18/h1-2,6,8,16H,3-5,7H2,(H,17,18). The summed E-state index contributed by atoms with van der Waals surface area (Å²) in [5.74, 6) is -2.31. The summed E-state index contributed by atoms with van der Waals surface area (Å²) in [6.07, 6.45) is 0.618. The van der Waals surface area contributed by atoms with Gasteiger partial charge < -0.3 is 15.1 Å². The lowest BCUT2D eigenvalue weighted by Crippen LogP contribution is -2.29. The molecule has 1 amide bonds. The summed E-state index contributed by atoms with van der Waals surface area (Å²) >= 11 is 0. The van der Waals surface area contributed by atoms with Gasteiger partial charge >= 0.3 is 5.97 Å². The summed E-state index contributed by atoms with van der Waals surface area (Å²) in [5, 5.41) is 18.3. The number of benzene rings is 1. The topological polar surface area (TPSA) is 77.8 Å². The van der Waals surface area contributed by atoms with Crippen molar-refractivity contribution in [1.29, 1.82) is 0 Å². The number of hydrogen-bond donors (Lipinski definition) is 2. The van der Waals surface area contributed by atoms with Crippen molar-refractivity contribution in [1.82, 2.24) is 4.90 Å². The van der Waals surface area contributed by atoms with Gasteiger partial charge in [0.15, 0.2) is 0 Å². The SMILES string of the molecule is O=C(O)CC1CCN(C(=O)c2cc(F)ccc2O)C1. The summed E-state index contributed by atoms with van der Waals surface area (Å²) in [7, 11) is 0. The third-order valence-corrected chi connectivity index (χ3v) is 3.23. The Labute approximate surface area is 109 Å². The first-order valence-electron chi connectivity index (χ1n) is 5.97. The lowest BCUT2D eigenvalue weighted by molar-refractivity contribution is -0.138. The van der Waals surface area contributed by atoms with Crippen LogP contribution in [0.15, 0.2) is 18.2 Å². The maximum Gasteiger partial charge on any atom is 0.303 e. The number of carboxylic acid groups (broad SMARTS) is 1. The van der Waals surface area contributed by atoms with Crippen LogP contribution in [0.3, 0.4) is 0 Å². The number of hydrogen-bond acceptors (Lipinski definition) is 3. The second-order valence-electron chi connectivity index (χ2n) is 4.67. The minimum absolute atomic E-state index is 0.0128. The van der Waals surface area contributed by atoms with Gasteiger partial charge in [-0.15, -0.1) is 0 Å². The molecule has 0 spiro atoms. The molecule has 1 atom stereocenters. The monoisotopic (exact) mass is 267 g/mol. The highest BCUT2D eigenvalue weighted by Crippen LogP contribution is 2.25. The number of rotatable bonds is 3. The van der Waals surface area contributed by atoms with Crippen LogP contribution in [-0.4, -0.2) is 40.1 Å². The highest BCUT2D eigenvalue weighted by molar-refractivity contribution is 5.97. The van der Waals surface area contributed by atoms with E-state index in [4.69, 9.17) is 5.11 Å². The molecule has 102 valence electrons. The molecule has 1 aliphatic heterocycles. The van der Waals surface area contributed by atoms with Crippen molar-refractivity contribution < 1.29 is 24.2 Å². The number of carbonyl (C=O) groups is 2. The Balaban J connectivity index is 2.09. The molecule has 1 aliphatic rings. The molecule has 2 rings (SSSR count). The molecule has 1 aromatic rings. The maximum atomic E-state index is 13.1. The number of halogens is 1. The first-order chi connectivity index (χ1) is 8.97. The Hall–Kier alpha value is -2.11. The Bertz CT molecular complexity index is 517. The molecule has 1 saturated heterocycles. The van der Waals surface area contributed by atoms with Crippen LogP contribution >= 0.6 is 0 Å². The van der Waals surface area contributed by atoms with Gasteiger partial charge in [0.25, 0.3) is 5.91 Å². The van der Waals surface area contributed by atoms with E-state index in [0.29, 0.717) is 19.5 Å². The quantitative estimate of drug-likeness (QED) is 0.869. The van der Waals surface area contributed by atoms with Crippen molar-refractivity contribution >= 4 is 11.9 Å². The molecule has 1 aromatic carbocycles. The minimum atomic E-state index is -0.895. The molecule has 1 fully saturated rings. The largest absolute Gasteiger partial charge is 0.507 e. The fourth-order valence-corrected chi connectivity index (χ4v) is 2.28. The van der Waals surface area contributed by atoms with Gasteiger partial charge in [-0.2, -0.15) is 0 Å². The third kappa shape index (κ3) is 3.01. The average Bonchev–Trinajstić information content (AvgIpc) is 2.79. The van der Waals surface area contributed by atoms with Gasteiger partial charge in [-0.1, -0.05) is 0 Å². The van der Waals surface area contributed by atoms with Gasteiger partial charge in [0, 0.05) is 19.5 Å². The molecule has 6 heteroatoms. The van der Waals surface area contributed by atoms with Crippen LogP contribution in [0.1, 0.15) is 23.2 Å². The molecule has 2 N–H and O–H groups in total. The van der Waals surface area contributed by atoms with Crippen molar-refractivity contribution in [3.8, 4) is 5.75 Å². The molecule has 0 bridgehead atoms. The smallest absolute Gasteiger partial charge is 0.303 e.